The van der Waals surface area contributed by atoms with Crippen molar-refractivity contribution < 1.29 is 23.9 Å². The second kappa shape index (κ2) is 8.73. The first-order valence-electron chi connectivity index (χ1n) is 8.98. The molecular weight excluding hydrogens is 346 g/mol. The lowest BCUT2D eigenvalue weighted by Crippen LogP contribution is -3.13. The van der Waals surface area contributed by atoms with Crippen LogP contribution < -0.4 is 19.1 Å². The molecule has 1 aliphatic rings. The Kier molecular flexibility index (Phi) is 6.13. The molecule has 2 aromatic rings. The van der Waals surface area contributed by atoms with E-state index in [4.69, 9.17) is 14.2 Å². The monoisotopic (exact) mass is 372 g/mol. The van der Waals surface area contributed by atoms with Gasteiger partial charge in [0.1, 0.15) is 6.54 Å². The van der Waals surface area contributed by atoms with E-state index in [0.29, 0.717) is 22.8 Å². The molecule has 1 saturated heterocycles. The largest absolute Gasteiger partial charge is 0.493 e. The summed E-state index contributed by atoms with van der Waals surface area (Å²) in [6, 6.07) is 7.50. The molecule has 2 heterocycles. The van der Waals surface area contributed by atoms with E-state index in [-0.39, 0.29) is 5.91 Å². The smallest absolute Gasteiger partial charge is 0.254 e. The average molecular weight is 372 g/mol. The maximum Gasteiger partial charge on any atom is 0.254 e. The Labute approximate surface area is 159 Å². The Balaban J connectivity index is 1.67. The molecule has 1 amide bonds. The number of piperazine rings is 1. The number of nitrogens with zero attached hydrogens (tertiary/aromatic N) is 2. The van der Waals surface area contributed by atoms with E-state index in [9.17, 15) is 4.79 Å². The van der Waals surface area contributed by atoms with Gasteiger partial charge in [-0.2, -0.15) is 0 Å². The van der Waals surface area contributed by atoms with Crippen LogP contribution in [0.2, 0.25) is 0 Å². The highest BCUT2D eigenvalue weighted by molar-refractivity contribution is 5.95. The molecular formula is C20H26N3O4+. The molecule has 0 unspecified atom stereocenters. The third kappa shape index (κ3) is 4.31. The summed E-state index contributed by atoms with van der Waals surface area (Å²) in [6.45, 7) is 4.22. The maximum absolute atomic E-state index is 13.0. The summed E-state index contributed by atoms with van der Waals surface area (Å²) in [5.41, 5.74) is 1.81. The van der Waals surface area contributed by atoms with Crippen LogP contribution in [0.1, 0.15) is 15.9 Å². The highest BCUT2D eigenvalue weighted by Gasteiger charge is 2.26. The second-order valence-corrected chi connectivity index (χ2v) is 6.49. The summed E-state index contributed by atoms with van der Waals surface area (Å²) in [5, 5.41) is 0. The number of amides is 1. The minimum absolute atomic E-state index is 0.0165. The van der Waals surface area contributed by atoms with Crippen molar-refractivity contribution in [1.29, 1.82) is 0 Å². The van der Waals surface area contributed by atoms with Gasteiger partial charge in [0.25, 0.3) is 5.91 Å². The molecule has 0 bridgehead atoms. The summed E-state index contributed by atoms with van der Waals surface area (Å²) in [5.74, 6) is 1.45. The standard InChI is InChI=1S/C20H25N3O4/c1-25-17-12-16(13-18(26-2)19(17)27-3)20(24)23-10-8-22(9-11-23)14-15-4-6-21-7-5-15/h4-7,12-13H,8-11,14H2,1-3H3/p+1. The van der Waals surface area contributed by atoms with E-state index in [2.05, 4.69) is 4.98 Å². The second-order valence-electron chi connectivity index (χ2n) is 6.49. The number of quaternary nitrogens is 1. The lowest BCUT2D eigenvalue weighted by molar-refractivity contribution is -0.917. The van der Waals surface area contributed by atoms with Crippen LogP contribution in [-0.4, -0.2) is 63.3 Å². The van der Waals surface area contributed by atoms with Gasteiger partial charge >= 0.3 is 0 Å². The maximum atomic E-state index is 13.0. The Morgan fingerprint density at radius 2 is 1.63 bits per heavy atom. The molecule has 7 nitrogen and oxygen atoms in total. The molecule has 27 heavy (non-hydrogen) atoms. The van der Waals surface area contributed by atoms with Gasteiger partial charge in [0, 0.05) is 23.5 Å². The number of methoxy groups -OCH3 is 3. The summed E-state index contributed by atoms with van der Waals surface area (Å²) < 4.78 is 16.0. The van der Waals surface area contributed by atoms with Gasteiger partial charge in [-0.05, 0) is 24.3 Å². The summed E-state index contributed by atoms with van der Waals surface area (Å²) in [7, 11) is 4.65. The molecule has 144 valence electrons. The zero-order chi connectivity index (χ0) is 19.2. The van der Waals surface area contributed by atoms with Crippen molar-refractivity contribution in [3.63, 3.8) is 0 Å². The number of pyridine rings is 1. The molecule has 1 N–H and O–H groups in total. The first-order valence-corrected chi connectivity index (χ1v) is 8.98. The summed E-state index contributed by atoms with van der Waals surface area (Å²) >= 11 is 0. The molecule has 1 fully saturated rings. The van der Waals surface area contributed by atoms with Gasteiger partial charge in [0.15, 0.2) is 11.5 Å². The Morgan fingerprint density at radius 1 is 1.04 bits per heavy atom. The number of aromatic nitrogens is 1. The topological polar surface area (TPSA) is 65.3 Å². The van der Waals surface area contributed by atoms with Crippen LogP contribution >= 0.6 is 0 Å². The van der Waals surface area contributed by atoms with Gasteiger partial charge < -0.3 is 24.0 Å². The number of carbonyl (C=O) groups is 1. The molecule has 0 radical (unpaired) electrons. The predicted molar refractivity (Wildman–Crippen MR) is 101 cm³/mol. The minimum atomic E-state index is -0.0165. The SMILES string of the molecule is COc1cc(C(=O)N2CC[NH+](Cc3ccncc3)CC2)cc(OC)c1OC. The molecule has 7 heteroatoms. The molecule has 0 aliphatic carbocycles. The van der Waals surface area contributed by atoms with Crippen molar-refractivity contribution in [2.45, 2.75) is 6.54 Å². The van der Waals surface area contributed by atoms with Gasteiger partial charge in [0.05, 0.1) is 47.5 Å². The summed E-state index contributed by atoms with van der Waals surface area (Å²) in [4.78, 5) is 20.4. The zero-order valence-electron chi connectivity index (χ0n) is 16.0. The van der Waals surface area contributed by atoms with Gasteiger partial charge in [-0.3, -0.25) is 9.78 Å². The first-order chi connectivity index (χ1) is 13.2. The fourth-order valence-corrected chi connectivity index (χ4v) is 3.38. The number of hydrogen-bond donors (Lipinski definition) is 1. The highest BCUT2D eigenvalue weighted by atomic mass is 16.5. The van der Waals surface area contributed by atoms with E-state index < -0.39 is 0 Å². The number of ether oxygens (including phenoxy) is 3. The van der Waals surface area contributed by atoms with Crippen molar-refractivity contribution in [3.05, 3.63) is 47.8 Å². The Morgan fingerprint density at radius 3 is 2.15 bits per heavy atom. The fourth-order valence-electron chi connectivity index (χ4n) is 3.38. The lowest BCUT2D eigenvalue weighted by atomic mass is 10.1. The van der Waals surface area contributed by atoms with Crippen LogP contribution in [0.5, 0.6) is 17.2 Å². The third-order valence-electron chi connectivity index (χ3n) is 4.87. The van der Waals surface area contributed by atoms with Crippen LogP contribution in [0.25, 0.3) is 0 Å². The van der Waals surface area contributed by atoms with E-state index in [0.717, 1.165) is 32.7 Å². The van der Waals surface area contributed by atoms with Crippen LogP contribution in [0.3, 0.4) is 0 Å². The average Bonchev–Trinajstić information content (AvgIpc) is 2.73. The quantitative estimate of drug-likeness (QED) is 0.807. The van der Waals surface area contributed by atoms with Crippen molar-refractivity contribution in [3.8, 4) is 17.2 Å². The van der Waals surface area contributed by atoms with Crippen LogP contribution in [-0.2, 0) is 6.54 Å². The van der Waals surface area contributed by atoms with Gasteiger partial charge in [-0.1, -0.05) is 0 Å². The van der Waals surface area contributed by atoms with E-state index >= 15 is 0 Å². The third-order valence-corrected chi connectivity index (χ3v) is 4.87. The normalized spacial score (nSPS) is 14.7. The molecule has 1 aromatic heterocycles. The zero-order valence-corrected chi connectivity index (χ0v) is 16.0. The molecule has 0 atom stereocenters. The number of hydrogen-bond acceptors (Lipinski definition) is 5. The number of carbonyl (C=O) groups excluding carboxylic acids is 1. The van der Waals surface area contributed by atoms with Crippen molar-refractivity contribution in [1.82, 2.24) is 9.88 Å². The van der Waals surface area contributed by atoms with Crippen molar-refractivity contribution in [2.75, 3.05) is 47.5 Å². The molecule has 3 rings (SSSR count). The molecule has 0 saturated carbocycles. The number of rotatable bonds is 6. The fraction of sp³-hybridized carbons (Fsp3) is 0.400. The van der Waals surface area contributed by atoms with Gasteiger partial charge in [-0.15, -0.1) is 0 Å². The van der Waals surface area contributed by atoms with Crippen molar-refractivity contribution in [2.24, 2.45) is 0 Å². The minimum Gasteiger partial charge on any atom is -0.493 e. The van der Waals surface area contributed by atoms with Crippen LogP contribution in [0.4, 0.5) is 0 Å². The van der Waals surface area contributed by atoms with Gasteiger partial charge in [0.2, 0.25) is 5.75 Å². The van der Waals surface area contributed by atoms with Gasteiger partial charge in [-0.25, -0.2) is 0 Å². The van der Waals surface area contributed by atoms with E-state index in [1.165, 1.54) is 10.5 Å². The van der Waals surface area contributed by atoms with E-state index in [1.807, 2.05) is 29.4 Å². The highest BCUT2D eigenvalue weighted by Crippen LogP contribution is 2.38. The van der Waals surface area contributed by atoms with E-state index in [1.54, 1.807) is 33.5 Å². The summed E-state index contributed by atoms with van der Waals surface area (Å²) in [6.07, 6.45) is 3.64. The van der Waals surface area contributed by atoms with Crippen LogP contribution in [0, 0.1) is 0 Å². The van der Waals surface area contributed by atoms with Crippen LogP contribution in [0.15, 0.2) is 36.7 Å². The Bertz CT molecular complexity index is 749. The molecule has 1 aromatic carbocycles. The first kappa shape index (κ1) is 19.0. The number of benzene rings is 1. The van der Waals surface area contributed by atoms with Crippen molar-refractivity contribution >= 4 is 5.91 Å². The number of nitrogens with one attached hydrogen (secondary N) is 1. The molecule has 0 spiro atoms. The molecule has 1 aliphatic heterocycles. The lowest BCUT2D eigenvalue weighted by Gasteiger charge is -2.32. The Hall–Kier alpha value is -2.80. The predicted octanol–water partition coefficient (Wildman–Crippen LogP) is 0.648.